The second kappa shape index (κ2) is 6.21. The fourth-order valence-electron chi connectivity index (χ4n) is 2.30. The summed E-state index contributed by atoms with van der Waals surface area (Å²) in [5.74, 6) is 0.0116. The van der Waals surface area contributed by atoms with Gasteiger partial charge in [0.25, 0.3) is 0 Å². The van der Waals surface area contributed by atoms with Gasteiger partial charge in [-0.3, -0.25) is 9.59 Å². The van der Waals surface area contributed by atoms with E-state index < -0.39 is 0 Å². The van der Waals surface area contributed by atoms with Crippen molar-refractivity contribution in [3.8, 4) is 0 Å². The van der Waals surface area contributed by atoms with E-state index in [0.29, 0.717) is 0 Å². The maximum absolute atomic E-state index is 11.9. The second-order valence-electron chi connectivity index (χ2n) is 4.61. The van der Waals surface area contributed by atoms with Gasteiger partial charge in [0.15, 0.2) is 0 Å². The van der Waals surface area contributed by atoms with Crippen molar-refractivity contribution in [3.05, 3.63) is 0 Å². The monoisotopic (exact) mass is 261 g/mol. The highest BCUT2D eigenvalue weighted by Crippen LogP contribution is 2.11. The lowest BCUT2D eigenvalue weighted by molar-refractivity contribution is -0.132. The van der Waals surface area contributed by atoms with Crippen molar-refractivity contribution in [1.29, 1.82) is 0 Å². The molecule has 2 fully saturated rings. The lowest BCUT2D eigenvalue weighted by Gasteiger charge is -2.23. The van der Waals surface area contributed by atoms with Crippen LogP contribution in [0.4, 0.5) is 0 Å². The normalized spacial score (nSPS) is 28.8. The van der Waals surface area contributed by atoms with Crippen LogP contribution in [0.5, 0.6) is 0 Å². The van der Waals surface area contributed by atoms with Gasteiger partial charge in [-0.05, 0) is 25.8 Å². The Morgan fingerprint density at radius 1 is 1.41 bits per heavy atom. The molecule has 0 saturated carbocycles. The number of piperidine rings is 1. The second-order valence-corrected chi connectivity index (χ2v) is 4.61. The predicted molar refractivity (Wildman–Crippen MR) is 67.1 cm³/mol. The van der Waals surface area contributed by atoms with E-state index in [2.05, 4.69) is 10.6 Å². The van der Waals surface area contributed by atoms with Gasteiger partial charge in [-0.1, -0.05) is 6.42 Å². The molecule has 0 aromatic carbocycles. The maximum atomic E-state index is 11.9. The molecular formula is C11H20ClN3O2. The molecule has 17 heavy (non-hydrogen) atoms. The number of likely N-dealkylation sites (tertiary alicyclic amines) is 1. The highest BCUT2D eigenvalue weighted by molar-refractivity contribution is 5.90. The number of rotatable bonds is 2. The highest BCUT2D eigenvalue weighted by Gasteiger charge is 2.32. The molecule has 2 rings (SSSR count). The van der Waals surface area contributed by atoms with Crippen LogP contribution in [0.25, 0.3) is 0 Å². The summed E-state index contributed by atoms with van der Waals surface area (Å²) >= 11 is 0. The third-order valence-corrected chi connectivity index (χ3v) is 3.37. The third kappa shape index (κ3) is 3.33. The standard InChI is InChI=1S/C11H19N3O2.ClH/c1-14-7-5-9(11(14)16)13-10(15)8-4-2-3-6-12-8;/h8-9,12H,2-7H2,1H3,(H,13,15);1H/t8-,9?;/m0./s1. The Morgan fingerprint density at radius 3 is 2.71 bits per heavy atom. The molecule has 2 aliphatic heterocycles. The van der Waals surface area contributed by atoms with Gasteiger partial charge in [0, 0.05) is 13.6 Å². The molecule has 2 atom stereocenters. The molecule has 5 nitrogen and oxygen atoms in total. The molecule has 0 bridgehead atoms. The minimum Gasteiger partial charge on any atom is -0.344 e. The van der Waals surface area contributed by atoms with Gasteiger partial charge in [0.1, 0.15) is 6.04 Å². The third-order valence-electron chi connectivity index (χ3n) is 3.37. The fraction of sp³-hybridized carbons (Fsp3) is 0.818. The molecule has 2 aliphatic rings. The number of carbonyl (C=O) groups excluding carboxylic acids is 2. The van der Waals surface area contributed by atoms with Crippen LogP contribution in [0, 0.1) is 0 Å². The lowest BCUT2D eigenvalue weighted by atomic mass is 10.0. The molecule has 2 amide bonds. The van der Waals surface area contributed by atoms with Crippen LogP contribution in [-0.2, 0) is 9.59 Å². The zero-order valence-electron chi connectivity index (χ0n) is 10.1. The Hall–Kier alpha value is -0.810. The Morgan fingerprint density at radius 2 is 2.18 bits per heavy atom. The van der Waals surface area contributed by atoms with Crippen molar-refractivity contribution in [2.75, 3.05) is 20.1 Å². The molecule has 2 heterocycles. The van der Waals surface area contributed by atoms with Crippen LogP contribution < -0.4 is 10.6 Å². The Bertz CT molecular complexity index is 292. The number of likely N-dealkylation sites (N-methyl/N-ethyl adjacent to an activating group) is 1. The Balaban J connectivity index is 0.00000144. The fourth-order valence-corrected chi connectivity index (χ4v) is 2.30. The van der Waals surface area contributed by atoms with Crippen molar-refractivity contribution >= 4 is 24.2 Å². The van der Waals surface area contributed by atoms with Crippen molar-refractivity contribution in [2.45, 2.75) is 37.8 Å². The van der Waals surface area contributed by atoms with Crippen LogP contribution in [0.3, 0.4) is 0 Å². The van der Waals surface area contributed by atoms with E-state index in [1.165, 1.54) is 0 Å². The number of carbonyl (C=O) groups is 2. The molecule has 2 N–H and O–H groups in total. The summed E-state index contributed by atoms with van der Waals surface area (Å²) in [5, 5.41) is 6.02. The number of amides is 2. The largest absolute Gasteiger partial charge is 0.344 e. The van der Waals surface area contributed by atoms with E-state index >= 15 is 0 Å². The Labute approximate surface area is 108 Å². The zero-order chi connectivity index (χ0) is 11.5. The summed E-state index contributed by atoms with van der Waals surface area (Å²) in [6.07, 6.45) is 3.83. The average Bonchev–Trinajstić information content (AvgIpc) is 2.62. The van der Waals surface area contributed by atoms with Gasteiger partial charge >= 0.3 is 0 Å². The number of hydrogen-bond acceptors (Lipinski definition) is 3. The SMILES string of the molecule is CN1CCC(NC(=O)[C@@H]2CCCCN2)C1=O.Cl. The topological polar surface area (TPSA) is 61.4 Å². The maximum Gasteiger partial charge on any atom is 0.244 e. The molecule has 0 radical (unpaired) electrons. The van der Waals surface area contributed by atoms with Crippen molar-refractivity contribution in [3.63, 3.8) is 0 Å². The van der Waals surface area contributed by atoms with E-state index in [1.54, 1.807) is 11.9 Å². The molecular weight excluding hydrogens is 242 g/mol. The average molecular weight is 262 g/mol. The van der Waals surface area contributed by atoms with Crippen LogP contribution >= 0.6 is 12.4 Å². The van der Waals surface area contributed by atoms with Gasteiger partial charge in [-0.2, -0.15) is 0 Å². The van der Waals surface area contributed by atoms with Gasteiger partial charge < -0.3 is 15.5 Å². The van der Waals surface area contributed by atoms with Crippen LogP contribution in [0.1, 0.15) is 25.7 Å². The van der Waals surface area contributed by atoms with Crippen molar-refractivity contribution in [1.82, 2.24) is 15.5 Å². The van der Waals surface area contributed by atoms with Crippen LogP contribution in [0.2, 0.25) is 0 Å². The quantitative estimate of drug-likeness (QED) is 0.730. The van der Waals surface area contributed by atoms with E-state index in [-0.39, 0.29) is 36.3 Å². The first-order valence-electron chi connectivity index (χ1n) is 5.97. The van der Waals surface area contributed by atoms with Gasteiger partial charge in [0.2, 0.25) is 11.8 Å². The lowest BCUT2D eigenvalue weighted by Crippen LogP contribution is -2.51. The van der Waals surface area contributed by atoms with E-state index in [9.17, 15) is 9.59 Å². The molecule has 1 unspecified atom stereocenters. The number of nitrogens with one attached hydrogen (secondary N) is 2. The molecule has 6 heteroatoms. The van der Waals surface area contributed by atoms with E-state index in [1.807, 2.05) is 0 Å². The van der Waals surface area contributed by atoms with E-state index in [4.69, 9.17) is 0 Å². The summed E-state index contributed by atoms with van der Waals surface area (Å²) in [4.78, 5) is 25.1. The Kier molecular flexibility index (Phi) is 5.21. The summed E-state index contributed by atoms with van der Waals surface area (Å²) in [6.45, 7) is 1.64. The predicted octanol–water partition coefficient (Wildman–Crippen LogP) is -0.103. The molecule has 0 spiro atoms. The molecule has 0 aromatic rings. The number of nitrogens with zero attached hydrogens (tertiary/aromatic N) is 1. The first-order valence-corrected chi connectivity index (χ1v) is 5.97. The van der Waals surface area contributed by atoms with Crippen molar-refractivity contribution in [2.24, 2.45) is 0 Å². The first-order chi connectivity index (χ1) is 7.68. The first kappa shape index (κ1) is 14.3. The van der Waals surface area contributed by atoms with Crippen molar-refractivity contribution < 1.29 is 9.59 Å². The molecule has 98 valence electrons. The summed E-state index contributed by atoms with van der Waals surface area (Å²) < 4.78 is 0. The van der Waals surface area contributed by atoms with Gasteiger partial charge in [-0.25, -0.2) is 0 Å². The molecule has 2 saturated heterocycles. The summed E-state index contributed by atoms with van der Waals surface area (Å²) in [6, 6.07) is -0.409. The summed E-state index contributed by atoms with van der Waals surface area (Å²) in [5.41, 5.74) is 0. The summed E-state index contributed by atoms with van der Waals surface area (Å²) in [7, 11) is 1.77. The minimum atomic E-state index is -0.304. The smallest absolute Gasteiger partial charge is 0.244 e. The zero-order valence-corrected chi connectivity index (χ0v) is 10.9. The highest BCUT2D eigenvalue weighted by atomic mass is 35.5. The number of hydrogen-bond donors (Lipinski definition) is 2. The van der Waals surface area contributed by atoms with Gasteiger partial charge in [0.05, 0.1) is 6.04 Å². The minimum absolute atomic E-state index is 0. The van der Waals surface area contributed by atoms with Gasteiger partial charge in [-0.15, -0.1) is 12.4 Å². The van der Waals surface area contributed by atoms with Crippen LogP contribution in [-0.4, -0.2) is 48.9 Å². The molecule has 0 aliphatic carbocycles. The molecule has 0 aromatic heterocycles. The van der Waals surface area contributed by atoms with E-state index in [0.717, 1.165) is 38.8 Å². The number of halogens is 1. The van der Waals surface area contributed by atoms with Crippen LogP contribution in [0.15, 0.2) is 0 Å².